The predicted octanol–water partition coefficient (Wildman–Crippen LogP) is 1.30. The number of aliphatic carboxylic acids is 1. The van der Waals surface area contributed by atoms with Crippen molar-refractivity contribution in [2.45, 2.75) is 25.3 Å². The summed E-state index contributed by atoms with van der Waals surface area (Å²) in [6.45, 7) is 0.463. The van der Waals surface area contributed by atoms with Gasteiger partial charge in [0.1, 0.15) is 17.1 Å². The van der Waals surface area contributed by atoms with Crippen molar-refractivity contribution in [3.05, 3.63) is 23.8 Å². The number of rotatable bonds is 2. The molecule has 104 valence electrons. The first-order valence-corrected chi connectivity index (χ1v) is 6.43. The molecule has 1 saturated heterocycles. The average molecular weight is 275 g/mol. The smallest absolute Gasteiger partial charge is 0.326 e. The van der Waals surface area contributed by atoms with Crippen LogP contribution in [0.5, 0.6) is 0 Å². The minimum atomic E-state index is -0.956. The number of benzene rings is 1. The lowest BCUT2D eigenvalue weighted by Crippen LogP contribution is -2.47. The van der Waals surface area contributed by atoms with Crippen molar-refractivity contribution in [2.24, 2.45) is 0 Å². The van der Waals surface area contributed by atoms with E-state index in [0.29, 0.717) is 29.6 Å². The standard InChI is InChI=1S/C13H13N3O4/c17-12(16-6-2-1-3-11(16)13(18)19)8-4-5-9-10(7-8)15-20-14-9/h4-5,7,11H,1-3,6H2,(H,18,19)/t11-/m0/s1. The van der Waals surface area contributed by atoms with E-state index in [1.807, 2.05) is 0 Å². The summed E-state index contributed by atoms with van der Waals surface area (Å²) in [7, 11) is 0. The number of likely N-dealkylation sites (tertiary alicyclic amines) is 1. The molecule has 0 spiro atoms. The van der Waals surface area contributed by atoms with Gasteiger partial charge in [-0.3, -0.25) is 4.79 Å². The van der Waals surface area contributed by atoms with E-state index < -0.39 is 12.0 Å². The van der Waals surface area contributed by atoms with Gasteiger partial charge in [0.25, 0.3) is 5.91 Å². The molecule has 0 unspecified atom stereocenters. The molecule has 2 heterocycles. The molecule has 1 aliphatic rings. The molecule has 0 radical (unpaired) electrons. The number of carboxylic acid groups (broad SMARTS) is 1. The lowest BCUT2D eigenvalue weighted by atomic mass is 10.0. The lowest BCUT2D eigenvalue weighted by molar-refractivity contribution is -0.143. The van der Waals surface area contributed by atoms with Gasteiger partial charge in [-0.25, -0.2) is 9.42 Å². The Morgan fingerprint density at radius 2 is 2.05 bits per heavy atom. The van der Waals surface area contributed by atoms with Crippen LogP contribution in [0.3, 0.4) is 0 Å². The van der Waals surface area contributed by atoms with Crippen LogP contribution < -0.4 is 0 Å². The van der Waals surface area contributed by atoms with Crippen LogP contribution in [0.15, 0.2) is 22.8 Å². The molecule has 3 rings (SSSR count). The number of nitrogens with zero attached hydrogens (tertiary/aromatic N) is 3. The second-order valence-corrected chi connectivity index (χ2v) is 4.82. The van der Waals surface area contributed by atoms with Gasteiger partial charge in [0.2, 0.25) is 0 Å². The third-order valence-corrected chi connectivity index (χ3v) is 3.55. The number of carbonyl (C=O) groups excluding carboxylic acids is 1. The first kappa shape index (κ1) is 12.6. The van der Waals surface area contributed by atoms with Crippen molar-refractivity contribution < 1.29 is 19.3 Å². The molecule has 0 bridgehead atoms. The summed E-state index contributed by atoms with van der Waals surface area (Å²) in [5, 5.41) is 16.6. The summed E-state index contributed by atoms with van der Waals surface area (Å²) < 4.78 is 4.59. The molecule has 1 amide bonds. The van der Waals surface area contributed by atoms with Gasteiger partial charge in [-0.05, 0) is 47.8 Å². The summed E-state index contributed by atoms with van der Waals surface area (Å²) >= 11 is 0. The molecular formula is C13H13N3O4. The molecule has 1 fully saturated rings. The van der Waals surface area contributed by atoms with Crippen LogP contribution in [-0.4, -0.2) is 44.8 Å². The Labute approximate surface area is 114 Å². The van der Waals surface area contributed by atoms with Crippen molar-refractivity contribution in [3.63, 3.8) is 0 Å². The number of hydrogen-bond acceptors (Lipinski definition) is 5. The molecule has 20 heavy (non-hydrogen) atoms. The predicted molar refractivity (Wildman–Crippen MR) is 68.1 cm³/mol. The molecule has 1 aliphatic heterocycles. The number of fused-ring (bicyclic) bond motifs is 1. The van der Waals surface area contributed by atoms with E-state index in [-0.39, 0.29) is 5.91 Å². The first-order chi connectivity index (χ1) is 9.66. The monoisotopic (exact) mass is 275 g/mol. The molecule has 1 N–H and O–H groups in total. The Kier molecular flexibility index (Phi) is 3.09. The maximum atomic E-state index is 12.5. The summed E-state index contributed by atoms with van der Waals surface area (Å²) in [5.41, 5.74) is 1.45. The van der Waals surface area contributed by atoms with Crippen molar-refractivity contribution >= 4 is 22.9 Å². The van der Waals surface area contributed by atoms with Crippen LogP contribution >= 0.6 is 0 Å². The number of hydrogen-bond donors (Lipinski definition) is 1. The largest absolute Gasteiger partial charge is 0.480 e. The Balaban J connectivity index is 1.91. The second kappa shape index (κ2) is 4.92. The van der Waals surface area contributed by atoms with Gasteiger partial charge in [0, 0.05) is 12.1 Å². The van der Waals surface area contributed by atoms with E-state index in [2.05, 4.69) is 14.9 Å². The lowest BCUT2D eigenvalue weighted by Gasteiger charge is -2.32. The van der Waals surface area contributed by atoms with Crippen LogP contribution in [0.25, 0.3) is 11.0 Å². The topological polar surface area (TPSA) is 96.5 Å². The molecule has 0 saturated carbocycles. The fraction of sp³-hybridized carbons (Fsp3) is 0.385. The van der Waals surface area contributed by atoms with Gasteiger partial charge < -0.3 is 10.0 Å². The molecule has 2 aromatic rings. The van der Waals surface area contributed by atoms with Crippen LogP contribution in [0.1, 0.15) is 29.6 Å². The van der Waals surface area contributed by atoms with Crippen LogP contribution in [-0.2, 0) is 4.79 Å². The molecule has 7 heteroatoms. The van der Waals surface area contributed by atoms with Gasteiger partial charge in [-0.15, -0.1) is 0 Å². The van der Waals surface area contributed by atoms with E-state index in [1.165, 1.54) is 4.90 Å². The molecule has 1 aromatic heterocycles. The summed E-state index contributed by atoms with van der Waals surface area (Å²) in [6.07, 6.45) is 2.14. The van der Waals surface area contributed by atoms with E-state index in [0.717, 1.165) is 12.8 Å². The Hall–Kier alpha value is -2.44. The molecule has 1 atom stereocenters. The highest BCUT2D eigenvalue weighted by molar-refractivity contribution is 5.99. The first-order valence-electron chi connectivity index (χ1n) is 6.43. The molecule has 7 nitrogen and oxygen atoms in total. The third kappa shape index (κ3) is 2.11. The quantitative estimate of drug-likeness (QED) is 0.887. The van der Waals surface area contributed by atoms with Crippen LogP contribution in [0.2, 0.25) is 0 Å². The third-order valence-electron chi connectivity index (χ3n) is 3.55. The van der Waals surface area contributed by atoms with Crippen molar-refractivity contribution in [2.75, 3.05) is 6.54 Å². The Morgan fingerprint density at radius 3 is 2.85 bits per heavy atom. The Morgan fingerprint density at radius 1 is 1.25 bits per heavy atom. The number of aromatic nitrogens is 2. The summed E-state index contributed by atoms with van der Waals surface area (Å²) in [6, 6.07) is 4.07. The number of carboxylic acids is 1. The highest BCUT2D eigenvalue weighted by Crippen LogP contribution is 2.21. The van der Waals surface area contributed by atoms with Gasteiger partial charge in [0.15, 0.2) is 0 Å². The summed E-state index contributed by atoms with van der Waals surface area (Å²) in [5.74, 6) is -1.25. The number of carbonyl (C=O) groups is 2. The van der Waals surface area contributed by atoms with Gasteiger partial charge >= 0.3 is 5.97 Å². The van der Waals surface area contributed by atoms with Crippen molar-refractivity contribution in [1.82, 2.24) is 15.2 Å². The minimum absolute atomic E-state index is 0.290. The van der Waals surface area contributed by atoms with Crippen LogP contribution in [0.4, 0.5) is 0 Å². The maximum Gasteiger partial charge on any atom is 0.326 e. The average Bonchev–Trinajstić information content (AvgIpc) is 2.93. The van der Waals surface area contributed by atoms with Crippen LogP contribution in [0, 0.1) is 0 Å². The molecule has 1 aromatic carbocycles. The minimum Gasteiger partial charge on any atom is -0.480 e. The van der Waals surface area contributed by atoms with E-state index in [4.69, 9.17) is 0 Å². The SMILES string of the molecule is O=C(O)[C@@H]1CCCCN1C(=O)c1ccc2nonc2c1. The van der Waals surface area contributed by atoms with Gasteiger partial charge in [-0.1, -0.05) is 0 Å². The van der Waals surface area contributed by atoms with E-state index in [1.54, 1.807) is 18.2 Å². The van der Waals surface area contributed by atoms with Gasteiger partial charge in [0.05, 0.1) is 0 Å². The Bertz CT molecular complexity index is 666. The maximum absolute atomic E-state index is 12.5. The molecule has 0 aliphatic carbocycles. The molecular weight excluding hydrogens is 262 g/mol. The number of piperidine rings is 1. The summed E-state index contributed by atoms with van der Waals surface area (Å²) in [4.78, 5) is 25.1. The van der Waals surface area contributed by atoms with E-state index in [9.17, 15) is 14.7 Å². The zero-order valence-electron chi connectivity index (χ0n) is 10.7. The number of amides is 1. The van der Waals surface area contributed by atoms with Gasteiger partial charge in [-0.2, -0.15) is 0 Å². The highest BCUT2D eigenvalue weighted by Gasteiger charge is 2.32. The highest BCUT2D eigenvalue weighted by atomic mass is 16.6. The second-order valence-electron chi connectivity index (χ2n) is 4.82. The zero-order valence-corrected chi connectivity index (χ0v) is 10.7. The fourth-order valence-corrected chi connectivity index (χ4v) is 2.51. The normalized spacial score (nSPS) is 19.2. The van der Waals surface area contributed by atoms with E-state index >= 15 is 0 Å². The zero-order chi connectivity index (χ0) is 14.1. The van der Waals surface area contributed by atoms with Crippen molar-refractivity contribution in [3.8, 4) is 0 Å². The van der Waals surface area contributed by atoms with Crippen molar-refractivity contribution in [1.29, 1.82) is 0 Å². The fourth-order valence-electron chi connectivity index (χ4n) is 2.51.